The maximum atomic E-state index is 14.1. The summed E-state index contributed by atoms with van der Waals surface area (Å²) in [5.41, 5.74) is 5.76. The van der Waals surface area contributed by atoms with Gasteiger partial charge in [0.25, 0.3) is 0 Å². The third kappa shape index (κ3) is 1.98. The number of piperazine rings is 1. The number of benzene rings is 1. The molecule has 2 aliphatic rings. The number of rotatable bonds is 2. The predicted molar refractivity (Wildman–Crippen MR) is 70.4 cm³/mol. The van der Waals surface area contributed by atoms with Gasteiger partial charge in [-0.15, -0.1) is 0 Å². The molecule has 7 heteroatoms. The van der Waals surface area contributed by atoms with Crippen LogP contribution in [0.4, 0.5) is 19.3 Å². The Bertz CT molecular complexity index is 551. The number of nitrogens with zero attached hydrogens (tertiary/aromatic N) is 2. The van der Waals surface area contributed by atoms with Crippen molar-refractivity contribution in [3.63, 3.8) is 0 Å². The van der Waals surface area contributed by atoms with Gasteiger partial charge in [0.1, 0.15) is 0 Å². The zero-order valence-corrected chi connectivity index (χ0v) is 10.9. The molecule has 1 unspecified atom stereocenters. The van der Waals surface area contributed by atoms with Crippen molar-refractivity contribution in [3.05, 3.63) is 29.3 Å². The Morgan fingerprint density at radius 1 is 1.30 bits per heavy atom. The van der Waals surface area contributed by atoms with Gasteiger partial charge in [-0.1, -0.05) is 6.07 Å². The Balaban J connectivity index is 1.84. The molecule has 2 saturated heterocycles. The third-order valence-corrected chi connectivity index (χ3v) is 3.94. The predicted octanol–water partition coefficient (Wildman–Crippen LogP) is 0.637. The van der Waals surface area contributed by atoms with Crippen molar-refractivity contribution < 1.29 is 13.6 Å². The van der Waals surface area contributed by atoms with Gasteiger partial charge >= 0.3 is 6.03 Å². The van der Waals surface area contributed by atoms with E-state index in [1.54, 1.807) is 15.9 Å². The van der Waals surface area contributed by atoms with Crippen LogP contribution in [0, 0.1) is 11.6 Å². The molecule has 1 atom stereocenters. The lowest BCUT2D eigenvalue weighted by molar-refractivity contribution is 0.197. The highest BCUT2D eigenvalue weighted by atomic mass is 19.2. The van der Waals surface area contributed by atoms with Crippen LogP contribution in [-0.4, -0.2) is 43.2 Å². The zero-order valence-electron chi connectivity index (χ0n) is 10.9. The van der Waals surface area contributed by atoms with Crippen molar-refractivity contribution in [1.82, 2.24) is 10.2 Å². The number of fused-ring (bicyclic) bond motifs is 1. The van der Waals surface area contributed by atoms with Gasteiger partial charge in [-0.2, -0.15) is 0 Å². The number of carbonyl (C=O) groups excluding carboxylic acids is 1. The van der Waals surface area contributed by atoms with E-state index in [4.69, 9.17) is 5.73 Å². The first-order valence-corrected chi connectivity index (χ1v) is 6.58. The Morgan fingerprint density at radius 2 is 2.10 bits per heavy atom. The normalized spacial score (nSPS) is 21.9. The minimum atomic E-state index is -0.881. The van der Waals surface area contributed by atoms with Gasteiger partial charge in [0.2, 0.25) is 0 Å². The summed E-state index contributed by atoms with van der Waals surface area (Å²) < 4.78 is 27.9. The highest BCUT2D eigenvalue weighted by molar-refractivity contribution is 5.77. The minimum Gasteiger partial charge on any atom is -0.365 e. The molecule has 3 N–H and O–H groups in total. The summed E-state index contributed by atoms with van der Waals surface area (Å²) in [5.74, 6) is -1.74. The number of amides is 2. The lowest BCUT2D eigenvalue weighted by atomic mass is 10.1. The Kier molecular flexibility index (Phi) is 3.21. The van der Waals surface area contributed by atoms with Crippen LogP contribution in [0.25, 0.3) is 0 Å². The average molecular weight is 282 g/mol. The van der Waals surface area contributed by atoms with Crippen LogP contribution in [0.5, 0.6) is 0 Å². The van der Waals surface area contributed by atoms with E-state index in [1.165, 1.54) is 6.07 Å². The number of nitrogens with one attached hydrogen (secondary N) is 1. The van der Waals surface area contributed by atoms with Crippen LogP contribution >= 0.6 is 0 Å². The van der Waals surface area contributed by atoms with E-state index in [0.717, 1.165) is 0 Å². The van der Waals surface area contributed by atoms with Gasteiger partial charge in [0.05, 0.1) is 11.7 Å². The Labute approximate surface area is 115 Å². The summed E-state index contributed by atoms with van der Waals surface area (Å²) in [5, 5.41) is 2.75. The largest absolute Gasteiger partial charge is 0.365 e. The lowest BCUT2D eigenvalue weighted by Gasteiger charge is -2.38. The second-order valence-corrected chi connectivity index (χ2v) is 5.06. The van der Waals surface area contributed by atoms with E-state index >= 15 is 0 Å². The highest BCUT2D eigenvalue weighted by Gasteiger charge is 2.36. The van der Waals surface area contributed by atoms with E-state index < -0.39 is 11.6 Å². The topological polar surface area (TPSA) is 61.6 Å². The molecule has 2 amide bonds. The fraction of sp³-hybridized carbons (Fsp3) is 0.462. The van der Waals surface area contributed by atoms with Crippen molar-refractivity contribution in [3.8, 4) is 0 Å². The van der Waals surface area contributed by atoms with Gasteiger partial charge in [-0.05, 0) is 6.07 Å². The molecule has 0 aromatic heterocycles. The average Bonchev–Trinajstić information content (AvgIpc) is 2.83. The molecule has 1 aromatic carbocycles. The summed E-state index contributed by atoms with van der Waals surface area (Å²) in [7, 11) is 0. The van der Waals surface area contributed by atoms with Gasteiger partial charge in [-0.25, -0.2) is 13.6 Å². The van der Waals surface area contributed by atoms with Gasteiger partial charge < -0.3 is 20.9 Å². The van der Waals surface area contributed by atoms with E-state index in [9.17, 15) is 13.6 Å². The fourth-order valence-electron chi connectivity index (χ4n) is 2.80. The first-order chi connectivity index (χ1) is 9.61. The van der Waals surface area contributed by atoms with E-state index in [2.05, 4.69) is 5.32 Å². The van der Waals surface area contributed by atoms with Crippen LogP contribution in [0.15, 0.2) is 12.1 Å². The first kappa shape index (κ1) is 13.1. The molecule has 0 aliphatic carbocycles. The molecule has 20 heavy (non-hydrogen) atoms. The summed E-state index contributed by atoms with van der Waals surface area (Å²) in [4.78, 5) is 15.0. The maximum Gasteiger partial charge on any atom is 0.317 e. The molecule has 2 fully saturated rings. The number of carbonyl (C=O) groups is 1. The molecule has 0 spiro atoms. The second-order valence-electron chi connectivity index (χ2n) is 5.06. The zero-order chi connectivity index (χ0) is 14.3. The minimum absolute atomic E-state index is 0.00731. The van der Waals surface area contributed by atoms with E-state index in [0.29, 0.717) is 26.2 Å². The number of urea groups is 1. The summed E-state index contributed by atoms with van der Waals surface area (Å²) in [6, 6.07) is 2.99. The molecule has 3 rings (SSSR count). The molecule has 5 nitrogen and oxygen atoms in total. The molecule has 2 aliphatic heterocycles. The van der Waals surface area contributed by atoms with Crippen molar-refractivity contribution in [2.75, 3.05) is 31.1 Å². The van der Waals surface area contributed by atoms with Crippen molar-refractivity contribution in [2.45, 2.75) is 12.6 Å². The maximum absolute atomic E-state index is 14.1. The van der Waals surface area contributed by atoms with Crippen molar-refractivity contribution in [1.29, 1.82) is 0 Å². The smallest absolute Gasteiger partial charge is 0.317 e. The van der Waals surface area contributed by atoms with Crippen LogP contribution < -0.4 is 16.0 Å². The van der Waals surface area contributed by atoms with Crippen LogP contribution in [0.1, 0.15) is 5.56 Å². The number of hydrogen-bond donors (Lipinski definition) is 2. The van der Waals surface area contributed by atoms with Gasteiger partial charge in [0.15, 0.2) is 11.6 Å². The SMILES string of the molecule is NCc1ccc(N2CCN3C(=O)NCC3C2)c(F)c1F. The number of nitrogens with two attached hydrogens (primary N) is 1. The van der Waals surface area contributed by atoms with Crippen LogP contribution in [0.2, 0.25) is 0 Å². The monoisotopic (exact) mass is 282 g/mol. The summed E-state index contributed by atoms with van der Waals surface area (Å²) >= 11 is 0. The molecular weight excluding hydrogens is 266 g/mol. The molecule has 0 bridgehead atoms. The van der Waals surface area contributed by atoms with Crippen molar-refractivity contribution >= 4 is 11.7 Å². The van der Waals surface area contributed by atoms with E-state index in [1.807, 2.05) is 0 Å². The molecule has 0 saturated carbocycles. The third-order valence-electron chi connectivity index (χ3n) is 3.94. The number of anilines is 1. The molecule has 0 radical (unpaired) electrons. The first-order valence-electron chi connectivity index (χ1n) is 6.58. The lowest BCUT2D eigenvalue weighted by Crippen LogP contribution is -2.52. The highest BCUT2D eigenvalue weighted by Crippen LogP contribution is 2.27. The molecule has 2 heterocycles. The Hall–Kier alpha value is -1.89. The number of halogens is 2. The van der Waals surface area contributed by atoms with Crippen LogP contribution in [-0.2, 0) is 6.54 Å². The fourth-order valence-corrected chi connectivity index (χ4v) is 2.80. The second kappa shape index (κ2) is 4.90. The van der Waals surface area contributed by atoms with Gasteiger partial charge in [0, 0.05) is 38.3 Å². The summed E-state index contributed by atoms with van der Waals surface area (Å²) in [6.07, 6.45) is 0. The number of hydrogen-bond acceptors (Lipinski definition) is 3. The van der Waals surface area contributed by atoms with Crippen molar-refractivity contribution in [2.24, 2.45) is 5.73 Å². The van der Waals surface area contributed by atoms with E-state index in [-0.39, 0.29) is 29.9 Å². The van der Waals surface area contributed by atoms with Crippen LogP contribution in [0.3, 0.4) is 0 Å². The standard InChI is InChI=1S/C13H16F2N4O/c14-11-8(5-16)1-2-10(12(11)15)18-3-4-19-9(7-18)6-17-13(19)20/h1-2,9H,3-7,16H2,(H,17,20). The molecular formula is C13H16F2N4O. The molecule has 108 valence electrons. The molecule has 1 aromatic rings. The Morgan fingerprint density at radius 3 is 2.85 bits per heavy atom. The quantitative estimate of drug-likeness (QED) is 0.836. The summed E-state index contributed by atoms with van der Waals surface area (Å²) in [6.45, 7) is 2.01. The van der Waals surface area contributed by atoms with Gasteiger partial charge in [-0.3, -0.25) is 0 Å².